The molecule has 1 unspecified atom stereocenters. The fourth-order valence-electron chi connectivity index (χ4n) is 3.93. The van der Waals surface area contributed by atoms with Crippen LogP contribution in [0.3, 0.4) is 0 Å². The molecular formula is C23H26N4O2. The Kier molecular flexibility index (Phi) is 5.62. The number of anilines is 1. The van der Waals surface area contributed by atoms with E-state index in [1.807, 2.05) is 68.0 Å². The molecule has 1 amide bonds. The number of hydrogen-bond acceptors (Lipinski definition) is 4. The highest BCUT2D eigenvalue weighted by Gasteiger charge is 2.31. The predicted molar refractivity (Wildman–Crippen MR) is 114 cm³/mol. The normalized spacial score (nSPS) is 16.7. The quantitative estimate of drug-likeness (QED) is 0.697. The Morgan fingerprint density at radius 3 is 2.72 bits per heavy atom. The number of methoxy groups -OCH3 is 1. The van der Waals surface area contributed by atoms with E-state index in [0.717, 1.165) is 54.1 Å². The van der Waals surface area contributed by atoms with Gasteiger partial charge in [0.2, 0.25) is 5.91 Å². The molecule has 1 saturated heterocycles. The molecule has 0 aliphatic carbocycles. The number of rotatable bonds is 6. The van der Waals surface area contributed by atoms with Crippen molar-refractivity contribution in [2.24, 2.45) is 7.05 Å². The molecule has 3 aromatic rings. The van der Waals surface area contributed by atoms with Crippen LogP contribution in [-0.4, -0.2) is 40.3 Å². The second-order valence-electron chi connectivity index (χ2n) is 7.41. The molecule has 6 heteroatoms. The molecule has 1 atom stereocenters. The number of nitrogens with zero attached hydrogens (tertiary/aromatic N) is 3. The number of nitrogens with one attached hydrogen (secondary N) is 1. The van der Waals surface area contributed by atoms with Gasteiger partial charge in [0, 0.05) is 36.6 Å². The second-order valence-corrected chi connectivity index (χ2v) is 7.41. The molecule has 150 valence electrons. The standard InChI is InChI=1S/C23H26N4O2/c1-26-15-17(14-24-26)16-27-13-5-8-22(27)23(28)25-21-7-4-3-6-20(21)18-9-11-19(29-2)12-10-18/h3-4,6-7,9-12,14-15,22H,5,8,13,16H2,1-2H3,(H,25,28). The van der Waals surface area contributed by atoms with Gasteiger partial charge < -0.3 is 10.1 Å². The Balaban J connectivity index is 1.50. The molecule has 2 heterocycles. The van der Waals surface area contributed by atoms with Crippen molar-refractivity contribution in [1.82, 2.24) is 14.7 Å². The van der Waals surface area contributed by atoms with E-state index in [4.69, 9.17) is 4.74 Å². The highest BCUT2D eigenvalue weighted by molar-refractivity contribution is 5.98. The van der Waals surface area contributed by atoms with Gasteiger partial charge in [-0.25, -0.2) is 0 Å². The third-order valence-corrected chi connectivity index (χ3v) is 5.40. The molecule has 1 aliphatic heterocycles. The minimum absolute atomic E-state index is 0.0485. The lowest BCUT2D eigenvalue weighted by Gasteiger charge is -2.23. The Labute approximate surface area is 171 Å². The minimum atomic E-state index is -0.126. The number of carbonyl (C=O) groups is 1. The van der Waals surface area contributed by atoms with Gasteiger partial charge in [0.15, 0.2) is 0 Å². The lowest BCUT2D eigenvalue weighted by atomic mass is 10.0. The molecule has 0 saturated carbocycles. The Morgan fingerprint density at radius 1 is 1.21 bits per heavy atom. The molecule has 4 rings (SSSR count). The van der Waals surface area contributed by atoms with Crippen molar-refractivity contribution in [2.75, 3.05) is 19.0 Å². The van der Waals surface area contributed by atoms with E-state index in [1.54, 1.807) is 11.8 Å². The van der Waals surface area contributed by atoms with Gasteiger partial charge in [-0.2, -0.15) is 5.10 Å². The molecule has 0 bridgehead atoms. The number of aryl methyl sites for hydroxylation is 1. The van der Waals surface area contributed by atoms with Crippen LogP contribution in [0.15, 0.2) is 60.9 Å². The number of aromatic nitrogens is 2. The molecule has 1 fully saturated rings. The largest absolute Gasteiger partial charge is 0.497 e. The lowest BCUT2D eigenvalue weighted by molar-refractivity contribution is -0.120. The first-order valence-corrected chi connectivity index (χ1v) is 9.90. The summed E-state index contributed by atoms with van der Waals surface area (Å²) >= 11 is 0. The molecule has 2 aromatic carbocycles. The summed E-state index contributed by atoms with van der Waals surface area (Å²) in [6.07, 6.45) is 5.77. The van der Waals surface area contributed by atoms with Crippen molar-refractivity contribution < 1.29 is 9.53 Å². The van der Waals surface area contributed by atoms with E-state index >= 15 is 0 Å². The Morgan fingerprint density at radius 2 is 2.00 bits per heavy atom. The predicted octanol–water partition coefficient (Wildman–Crippen LogP) is 3.70. The smallest absolute Gasteiger partial charge is 0.241 e. The van der Waals surface area contributed by atoms with Crippen LogP contribution in [0.25, 0.3) is 11.1 Å². The highest BCUT2D eigenvalue weighted by atomic mass is 16.5. The van der Waals surface area contributed by atoms with Crippen LogP contribution >= 0.6 is 0 Å². The Hall–Kier alpha value is -3.12. The van der Waals surface area contributed by atoms with Crippen molar-refractivity contribution >= 4 is 11.6 Å². The maximum absolute atomic E-state index is 13.1. The molecule has 0 radical (unpaired) electrons. The van der Waals surface area contributed by atoms with Crippen LogP contribution in [0.5, 0.6) is 5.75 Å². The Bertz CT molecular complexity index is 981. The molecule has 29 heavy (non-hydrogen) atoms. The first-order valence-electron chi connectivity index (χ1n) is 9.90. The number of likely N-dealkylation sites (tertiary alicyclic amines) is 1. The average molecular weight is 390 g/mol. The number of amides is 1. The zero-order valence-electron chi connectivity index (χ0n) is 16.8. The maximum Gasteiger partial charge on any atom is 0.241 e. The highest BCUT2D eigenvalue weighted by Crippen LogP contribution is 2.30. The summed E-state index contributed by atoms with van der Waals surface area (Å²) in [5, 5.41) is 7.40. The summed E-state index contributed by atoms with van der Waals surface area (Å²) in [5.41, 5.74) is 4.00. The van der Waals surface area contributed by atoms with Gasteiger partial charge >= 0.3 is 0 Å². The second kappa shape index (κ2) is 8.49. The molecule has 1 N–H and O–H groups in total. The molecule has 6 nitrogen and oxygen atoms in total. The van der Waals surface area contributed by atoms with Crippen molar-refractivity contribution in [3.05, 3.63) is 66.5 Å². The molecular weight excluding hydrogens is 364 g/mol. The van der Waals surface area contributed by atoms with Crippen LogP contribution in [-0.2, 0) is 18.4 Å². The first-order chi connectivity index (χ1) is 14.1. The van der Waals surface area contributed by atoms with Crippen LogP contribution in [0.1, 0.15) is 18.4 Å². The topological polar surface area (TPSA) is 59.4 Å². The van der Waals surface area contributed by atoms with E-state index in [-0.39, 0.29) is 11.9 Å². The van der Waals surface area contributed by atoms with Gasteiger partial charge in [0.25, 0.3) is 0 Å². The van der Waals surface area contributed by atoms with Gasteiger partial charge in [-0.15, -0.1) is 0 Å². The third-order valence-electron chi connectivity index (χ3n) is 5.40. The van der Waals surface area contributed by atoms with E-state index in [1.165, 1.54) is 0 Å². The first kappa shape index (κ1) is 19.2. The molecule has 1 aliphatic rings. The van der Waals surface area contributed by atoms with E-state index < -0.39 is 0 Å². The van der Waals surface area contributed by atoms with Crippen molar-refractivity contribution in [3.8, 4) is 16.9 Å². The van der Waals surface area contributed by atoms with Crippen molar-refractivity contribution in [1.29, 1.82) is 0 Å². The summed E-state index contributed by atoms with van der Waals surface area (Å²) in [6.45, 7) is 1.67. The average Bonchev–Trinajstić information content (AvgIpc) is 3.37. The van der Waals surface area contributed by atoms with Crippen LogP contribution in [0.4, 0.5) is 5.69 Å². The zero-order chi connectivity index (χ0) is 20.2. The number of carbonyl (C=O) groups excluding carboxylic acids is 1. The van der Waals surface area contributed by atoms with Gasteiger partial charge in [-0.1, -0.05) is 30.3 Å². The summed E-state index contributed by atoms with van der Waals surface area (Å²) in [6, 6.07) is 15.7. The maximum atomic E-state index is 13.1. The van der Waals surface area contributed by atoms with Gasteiger partial charge in [-0.3, -0.25) is 14.4 Å². The molecule has 1 aromatic heterocycles. The fourth-order valence-corrected chi connectivity index (χ4v) is 3.93. The fraction of sp³-hybridized carbons (Fsp3) is 0.304. The van der Waals surface area contributed by atoms with Crippen LogP contribution < -0.4 is 10.1 Å². The third kappa shape index (κ3) is 4.32. The van der Waals surface area contributed by atoms with Crippen LogP contribution in [0, 0.1) is 0 Å². The van der Waals surface area contributed by atoms with E-state index in [9.17, 15) is 4.79 Å². The van der Waals surface area contributed by atoms with E-state index in [0.29, 0.717) is 0 Å². The summed E-state index contributed by atoms with van der Waals surface area (Å²) < 4.78 is 7.05. The summed E-state index contributed by atoms with van der Waals surface area (Å²) in [7, 11) is 3.57. The summed E-state index contributed by atoms with van der Waals surface area (Å²) in [4.78, 5) is 15.3. The van der Waals surface area contributed by atoms with Crippen molar-refractivity contribution in [2.45, 2.75) is 25.4 Å². The van der Waals surface area contributed by atoms with E-state index in [2.05, 4.69) is 15.3 Å². The number of hydrogen-bond donors (Lipinski definition) is 1. The molecule has 0 spiro atoms. The van der Waals surface area contributed by atoms with Crippen molar-refractivity contribution in [3.63, 3.8) is 0 Å². The number of para-hydroxylation sites is 1. The lowest BCUT2D eigenvalue weighted by Crippen LogP contribution is -2.39. The summed E-state index contributed by atoms with van der Waals surface area (Å²) in [5.74, 6) is 0.861. The monoisotopic (exact) mass is 390 g/mol. The zero-order valence-corrected chi connectivity index (χ0v) is 16.8. The minimum Gasteiger partial charge on any atom is -0.497 e. The van der Waals surface area contributed by atoms with Crippen LogP contribution in [0.2, 0.25) is 0 Å². The van der Waals surface area contributed by atoms with Gasteiger partial charge in [0.1, 0.15) is 5.75 Å². The van der Waals surface area contributed by atoms with Gasteiger partial charge in [-0.05, 0) is 43.1 Å². The number of ether oxygens (including phenoxy) is 1. The SMILES string of the molecule is COc1ccc(-c2ccccc2NC(=O)C2CCCN2Cc2cnn(C)c2)cc1. The van der Waals surface area contributed by atoms with Gasteiger partial charge in [0.05, 0.1) is 19.3 Å². The number of benzene rings is 2.